The Kier molecular flexibility index (Phi) is 5.59. The average molecular weight is 291 g/mol. The fourth-order valence-electron chi connectivity index (χ4n) is 2.55. The summed E-state index contributed by atoms with van der Waals surface area (Å²) in [6, 6.07) is 8.25. The van der Waals surface area contributed by atoms with E-state index < -0.39 is 0 Å². The van der Waals surface area contributed by atoms with Crippen molar-refractivity contribution in [3.05, 3.63) is 29.8 Å². The van der Waals surface area contributed by atoms with Gasteiger partial charge in [0.1, 0.15) is 5.75 Å². The van der Waals surface area contributed by atoms with Crippen LogP contribution < -0.4 is 10.1 Å². The minimum Gasteiger partial charge on any atom is -0.497 e. The van der Waals surface area contributed by atoms with E-state index in [0.717, 1.165) is 30.9 Å². The SMILES string of the molecule is COc1cccc(CN(C)C(=O)CN2CCNC[C@H]2C)c1. The van der Waals surface area contributed by atoms with E-state index in [0.29, 0.717) is 19.1 Å². The third-order valence-electron chi connectivity index (χ3n) is 3.96. The highest BCUT2D eigenvalue weighted by Crippen LogP contribution is 2.14. The van der Waals surface area contributed by atoms with Gasteiger partial charge in [0.25, 0.3) is 0 Å². The van der Waals surface area contributed by atoms with E-state index in [-0.39, 0.29) is 5.91 Å². The van der Waals surface area contributed by atoms with E-state index in [1.54, 1.807) is 12.0 Å². The zero-order valence-corrected chi connectivity index (χ0v) is 13.1. The third kappa shape index (κ3) is 4.44. The Morgan fingerprint density at radius 3 is 3.05 bits per heavy atom. The van der Waals surface area contributed by atoms with Crippen molar-refractivity contribution in [2.45, 2.75) is 19.5 Å². The smallest absolute Gasteiger partial charge is 0.236 e. The lowest BCUT2D eigenvalue weighted by molar-refractivity contribution is -0.132. The summed E-state index contributed by atoms with van der Waals surface area (Å²) in [4.78, 5) is 16.4. The molecule has 1 aromatic rings. The van der Waals surface area contributed by atoms with Crippen LogP contribution in [0.5, 0.6) is 5.75 Å². The van der Waals surface area contributed by atoms with Gasteiger partial charge < -0.3 is 15.0 Å². The van der Waals surface area contributed by atoms with Gasteiger partial charge in [-0.2, -0.15) is 0 Å². The standard InChI is InChI=1S/C16H25N3O2/c1-13-10-17-7-8-19(13)12-16(20)18(2)11-14-5-4-6-15(9-14)21-3/h4-6,9,13,17H,7-8,10-12H2,1-3H3/t13-/m1/s1. The molecule has 21 heavy (non-hydrogen) atoms. The van der Waals surface area contributed by atoms with Crippen molar-refractivity contribution in [1.82, 2.24) is 15.1 Å². The molecule has 5 heteroatoms. The minimum atomic E-state index is 0.159. The summed E-state index contributed by atoms with van der Waals surface area (Å²) in [6.45, 7) is 6.09. The highest BCUT2D eigenvalue weighted by Gasteiger charge is 2.21. The Morgan fingerprint density at radius 1 is 1.52 bits per heavy atom. The average Bonchev–Trinajstić information content (AvgIpc) is 2.49. The largest absolute Gasteiger partial charge is 0.497 e. The first-order valence-corrected chi connectivity index (χ1v) is 7.42. The van der Waals surface area contributed by atoms with Crippen LogP contribution in [0.3, 0.4) is 0 Å². The highest BCUT2D eigenvalue weighted by molar-refractivity contribution is 5.78. The molecule has 0 spiro atoms. The molecule has 1 heterocycles. The summed E-state index contributed by atoms with van der Waals surface area (Å²) in [7, 11) is 3.51. The van der Waals surface area contributed by atoms with Crippen LogP contribution in [-0.4, -0.2) is 62.1 Å². The number of ether oxygens (including phenoxy) is 1. The van der Waals surface area contributed by atoms with Gasteiger partial charge in [0.2, 0.25) is 5.91 Å². The molecule has 1 atom stereocenters. The van der Waals surface area contributed by atoms with E-state index in [2.05, 4.69) is 17.1 Å². The number of nitrogens with one attached hydrogen (secondary N) is 1. The number of carbonyl (C=O) groups excluding carboxylic acids is 1. The molecule has 0 saturated carbocycles. The van der Waals surface area contributed by atoms with Crippen molar-refractivity contribution < 1.29 is 9.53 Å². The number of nitrogens with zero attached hydrogens (tertiary/aromatic N) is 2. The molecule has 1 saturated heterocycles. The van der Waals surface area contributed by atoms with Gasteiger partial charge in [-0.05, 0) is 24.6 Å². The van der Waals surface area contributed by atoms with Crippen molar-refractivity contribution >= 4 is 5.91 Å². The lowest BCUT2D eigenvalue weighted by Gasteiger charge is -2.34. The summed E-state index contributed by atoms with van der Waals surface area (Å²) >= 11 is 0. The zero-order valence-electron chi connectivity index (χ0n) is 13.1. The summed E-state index contributed by atoms with van der Waals surface area (Å²) in [6.07, 6.45) is 0. The first kappa shape index (κ1) is 15.8. The monoisotopic (exact) mass is 291 g/mol. The van der Waals surface area contributed by atoms with E-state index in [1.165, 1.54) is 0 Å². The van der Waals surface area contributed by atoms with Gasteiger partial charge in [-0.15, -0.1) is 0 Å². The van der Waals surface area contributed by atoms with Crippen molar-refractivity contribution in [1.29, 1.82) is 0 Å². The van der Waals surface area contributed by atoms with Crippen molar-refractivity contribution in [2.75, 3.05) is 40.3 Å². The molecule has 1 amide bonds. The molecule has 5 nitrogen and oxygen atoms in total. The third-order valence-corrected chi connectivity index (χ3v) is 3.96. The predicted molar refractivity (Wildman–Crippen MR) is 83.4 cm³/mol. The van der Waals surface area contributed by atoms with E-state index >= 15 is 0 Å². The number of benzene rings is 1. The molecule has 1 aliphatic rings. The first-order valence-electron chi connectivity index (χ1n) is 7.42. The van der Waals surface area contributed by atoms with Gasteiger partial charge in [0.15, 0.2) is 0 Å². The Balaban J connectivity index is 1.89. The number of hydrogen-bond donors (Lipinski definition) is 1. The molecule has 116 valence electrons. The summed E-state index contributed by atoms with van der Waals surface area (Å²) in [5.74, 6) is 0.982. The molecule has 0 bridgehead atoms. The quantitative estimate of drug-likeness (QED) is 0.877. The Hall–Kier alpha value is -1.59. The number of amides is 1. The maximum absolute atomic E-state index is 12.3. The van der Waals surface area contributed by atoms with Gasteiger partial charge in [-0.3, -0.25) is 9.69 Å². The normalized spacial score (nSPS) is 19.3. The molecule has 0 aliphatic carbocycles. The highest BCUT2D eigenvalue weighted by atomic mass is 16.5. The second kappa shape index (κ2) is 7.43. The predicted octanol–water partition coefficient (Wildman–Crippen LogP) is 0.947. The van der Waals surface area contributed by atoms with Crippen molar-refractivity contribution in [2.24, 2.45) is 0 Å². The van der Waals surface area contributed by atoms with E-state index in [4.69, 9.17) is 4.74 Å². The fourth-order valence-corrected chi connectivity index (χ4v) is 2.55. The van der Waals surface area contributed by atoms with Gasteiger partial charge in [0, 0.05) is 39.3 Å². The summed E-state index contributed by atoms with van der Waals surface area (Å²) < 4.78 is 5.21. The Morgan fingerprint density at radius 2 is 2.33 bits per heavy atom. The molecule has 1 aliphatic heterocycles. The van der Waals surface area contributed by atoms with Crippen molar-refractivity contribution in [3.63, 3.8) is 0 Å². The Bertz CT molecular complexity index is 478. The molecular weight excluding hydrogens is 266 g/mol. The zero-order chi connectivity index (χ0) is 15.2. The topological polar surface area (TPSA) is 44.8 Å². The van der Waals surface area contributed by atoms with Crippen LogP contribution in [0.4, 0.5) is 0 Å². The number of piperazine rings is 1. The van der Waals surface area contributed by atoms with Crippen molar-refractivity contribution in [3.8, 4) is 5.75 Å². The number of rotatable bonds is 5. The lowest BCUT2D eigenvalue weighted by Crippen LogP contribution is -2.52. The Labute approximate surface area is 126 Å². The number of methoxy groups -OCH3 is 1. The number of hydrogen-bond acceptors (Lipinski definition) is 4. The number of carbonyl (C=O) groups is 1. The fraction of sp³-hybridized carbons (Fsp3) is 0.562. The molecular formula is C16H25N3O2. The van der Waals surface area contributed by atoms with E-state index in [1.807, 2.05) is 31.3 Å². The summed E-state index contributed by atoms with van der Waals surface area (Å²) in [5, 5.41) is 3.34. The van der Waals surface area contributed by atoms with Gasteiger partial charge >= 0.3 is 0 Å². The van der Waals surface area contributed by atoms with Gasteiger partial charge in [-0.25, -0.2) is 0 Å². The van der Waals surface area contributed by atoms with Crippen LogP contribution in [0, 0.1) is 0 Å². The van der Waals surface area contributed by atoms with Crippen LogP contribution in [0.1, 0.15) is 12.5 Å². The second-order valence-corrected chi connectivity index (χ2v) is 5.62. The summed E-state index contributed by atoms with van der Waals surface area (Å²) in [5.41, 5.74) is 1.08. The molecule has 0 unspecified atom stereocenters. The molecule has 1 aromatic carbocycles. The van der Waals surface area contributed by atoms with Crippen LogP contribution >= 0.6 is 0 Å². The van der Waals surface area contributed by atoms with Gasteiger partial charge in [-0.1, -0.05) is 12.1 Å². The maximum atomic E-state index is 12.3. The van der Waals surface area contributed by atoms with E-state index in [9.17, 15) is 4.79 Å². The van der Waals surface area contributed by atoms with Crippen LogP contribution in [-0.2, 0) is 11.3 Å². The van der Waals surface area contributed by atoms with Crippen LogP contribution in [0.2, 0.25) is 0 Å². The lowest BCUT2D eigenvalue weighted by atomic mass is 10.2. The molecule has 0 radical (unpaired) electrons. The maximum Gasteiger partial charge on any atom is 0.236 e. The molecule has 1 fully saturated rings. The first-order chi connectivity index (χ1) is 10.1. The van der Waals surface area contributed by atoms with Crippen LogP contribution in [0.15, 0.2) is 24.3 Å². The molecule has 0 aromatic heterocycles. The molecule has 2 rings (SSSR count). The minimum absolute atomic E-state index is 0.159. The van der Waals surface area contributed by atoms with Gasteiger partial charge in [0.05, 0.1) is 13.7 Å². The second-order valence-electron chi connectivity index (χ2n) is 5.62. The molecule has 1 N–H and O–H groups in total. The number of likely N-dealkylation sites (N-methyl/N-ethyl adjacent to an activating group) is 1. The van der Waals surface area contributed by atoms with Crippen LogP contribution in [0.25, 0.3) is 0 Å².